The molecule has 0 aromatic heterocycles. The Hall–Kier alpha value is -3.46. The Morgan fingerprint density at radius 3 is 2.36 bits per heavy atom. The highest BCUT2D eigenvalue weighted by atomic mass is 32.2. The number of nitrogens with one attached hydrogen (secondary N) is 2. The van der Waals surface area contributed by atoms with Crippen LogP contribution < -0.4 is 10.6 Å². The third kappa shape index (κ3) is 6.29. The Kier molecular flexibility index (Phi) is 8.00. The molecule has 7 nitrogen and oxygen atoms in total. The van der Waals surface area contributed by atoms with E-state index >= 15 is 0 Å². The summed E-state index contributed by atoms with van der Waals surface area (Å²) in [5.74, 6) is -2.03. The van der Waals surface area contributed by atoms with Crippen LogP contribution in [0.1, 0.15) is 29.8 Å². The maximum absolute atomic E-state index is 13.1. The number of carbonyl (C=O) groups is 4. The quantitative estimate of drug-likeness (QED) is 0.578. The molecule has 0 spiro atoms. The molecule has 2 aromatic rings. The lowest BCUT2D eigenvalue weighted by Crippen LogP contribution is -2.51. The van der Waals surface area contributed by atoms with Crippen LogP contribution in [-0.2, 0) is 9.59 Å². The van der Waals surface area contributed by atoms with Crippen LogP contribution in [0.4, 0.5) is 9.18 Å². The first kappa shape index (κ1) is 24.2. The molecule has 9 heteroatoms. The van der Waals surface area contributed by atoms with E-state index in [1.165, 1.54) is 24.3 Å². The van der Waals surface area contributed by atoms with E-state index in [-0.39, 0.29) is 24.6 Å². The lowest BCUT2D eigenvalue weighted by molar-refractivity contribution is -0.125. The fourth-order valence-electron chi connectivity index (χ4n) is 3.16. The minimum absolute atomic E-state index is 0.0132. The maximum Gasteiger partial charge on any atom is 0.293 e. The second-order valence-electron chi connectivity index (χ2n) is 7.74. The third-order valence-corrected chi connectivity index (χ3v) is 5.86. The first-order valence-electron chi connectivity index (χ1n) is 10.4. The summed E-state index contributed by atoms with van der Waals surface area (Å²) >= 11 is 0.856. The van der Waals surface area contributed by atoms with Gasteiger partial charge in [-0.15, -0.1) is 0 Å². The van der Waals surface area contributed by atoms with Crippen molar-refractivity contribution in [2.75, 3.05) is 13.1 Å². The van der Waals surface area contributed by atoms with Crippen LogP contribution in [0.3, 0.4) is 0 Å². The van der Waals surface area contributed by atoms with Gasteiger partial charge in [0.25, 0.3) is 17.1 Å². The van der Waals surface area contributed by atoms with Gasteiger partial charge in [-0.25, -0.2) is 4.39 Å². The molecule has 4 amide bonds. The van der Waals surface area contributed by atoms with Crippen molar-refractivity contribution >= 4 is 40.8 Å². The van der Waals surface area contributed by atoms with E-state index in [2.05, 4.69) is 10.6 Å². The van der Waals surface area contributed by atoms with E-state index in [4.69, 9.17) is 0 Å². The van der Waals surface area contributed by atoms with Gasteiger partial charge in [-0.2, -0.15) is 0 Å². The molecule has 0 bridgehead atoms. The van der Waals surface area contributed by atoms with Crippen molar-refractivity contribution in [3.05, 3.63) is 76.4 Å². The smallest absolute Gasteiger partial charge is 0.293 e. The van der Waals surface area contributed by atoms with Crippen LogP contribution in [0.15, 0.2) is 59.5 Å². The molecule has 2 aromatic carbocycles. The number of carbonyl (C=O) groups excluding carboxylic acids is 4. The Labute approximate surface area is 195 Å². The summed E-state index contributed by atoms with van der Waals surface area (Å²) in [7, 11) is 0. The van der Waals surface area contributed by atoms with Crippen molar-refractivity contribution in [3.63, 3.8) is 0 Å². The molecule has 1 atom stereocenters. The van der Waals surface area contributed by atoms with Gasteiger partial charge in [-0.3, -0.25) is 24.1 Å². The zero-order valence-corrected chi connectivity index (χ0v) is 19.0. The number of hydrogen-bond acceptors (Lipinski definition) is 5. The van der Waals surface area contributed by atoms with Crippen molar-refractivity contribution in [2.45, 2.75) is 19.9 Å². The normalized spacial score (nSPS) is 15.8. The van der Waals surface area contributed by atoms with E-state index in [1.54, 1.807) is 19.9 Å². The number of rotatable bonds is 8. The fourth-order valence-corrected chi connectivity index (χ4v) is 4.02. The standard InChI is InChI=1S/C24H24FN3O4S/c1-15(2)20(27-21(29)17-8-10-18(25)11-9-17)22(30)26-12-13-28-23(31)19(33-24(28)32)14-16-6-4-3-5-7-16/h3-11,14-15,20H,12-13H2,1-2H3,(H,26,30)(H,27,29)/b19-14-. The summed E-state index contributed by atoms with van der Waals surface area (Å²) in [5.41, 5.74) is 1.05. The van der Waals surface area contributed by atoms with Gasteiger partial charge in [-0.05, 0) is 53.6 Å². The summed E-state index contributed by atoms with van der Waals surface area (Å²) in [6.07, 6.45) is 1.66. The number of benzene rings is 2. The van der Waals surface area contributed by atoms with Crippen molar-refractivity contribution in [2.24, 2.45) is 5.92 Å². The molecular formula is C24H24FN3O4S. The summed E-state index contributed by atoms with van der Waals surface area (Å²) < 4.78 is 13.1. The first-order valence-corrected chi connectivity index (χ1v) is 11.2. The van der Waals surface area contributed by atoms with Gasteiger partial charge in [0.15, 0.2) is 0 Å². The molecule has 33 heavy (non-hydrogen) atoms. The third-order valence-electron chi connectivity index (χ3n) is 4.95. The largest absolute Gasteiger partial charge is 0.353 e. The Bertz CT molecular complexity index is 1070. The predicted molar refractivity (Wildman–Crippen MR) is 125 cm³/mol. The molecule has 1 aliphatic heterocycles. The minimum atomic E-state index is -0.838. The van der Waals surface area contributed by atoms with E-state index in [0.29, 0.717) is 4.91 Å². The van der Waals surface area contributed by atoms with Crippen LogP contribution in [-0.4, -0.2) is 47.0 Å². The van der Waals surface area contributed by atoms with Crippen LogP contribution in [0.25, 0.3) is 6.08 Å². The first-order chi connectivity index (χ1) is 15.8. The molecule has 0 saturated carbocycles. The summed E-state index contributed by atoms with van der Waals surface area (Å²) in [6, 6.07) is 13.4. The maximum atomic E-state index is 13.1. The average molecular weight is 470 g/mol. The lowest BCUT2D eigenvalue weighted by Gasteiger charge is -2.22. The molecule has 1 unspecified atom stereocenters. The van der Waals surface area contributed by atoms with Gasteiger partial charge in [0.05, 0.1) is 4.91 Å². The SMILES string of the molecule is CC(C)C(NC(=O)c1ccc(F)cc1)C(=O)NCCN1C(=O)S/C(=C\c2ccccc2)C1=O. The van der Waals surface area contributed by atoms with Gasteiger partial charge in [0.2, 0.25) is 5.91 Å². The molecule has 1 aliphatic rings. The number of hydrogen-bond donors (Lipinski definition) is 2. The predicted octanol–water partition coefficient (Wildman–Crippen LogP) is 3.43. The summed E-state index contributed by atoms with van der Waals surface area (Å²) in [5, 5.41) is 4.92. The molecule has 3 rings (SSSR count). The van der Waals surface area contributed by atoms with Gasteiger partial charge < -0.3 is 10.6 Å². The summed E-state index contributed by atoms with van der Waals surface area (Å²) in [4.78, 5) is 51.3. The molecule has 1 saturated heterocycles. The highest BCUT2D eigenvalue weighted by Gasteiger charge is 2.35. The monoisotopic (exact) mass is 469 g/mol. The lowest BCUT2D eigenvalue weighted by atomic mass is 10.0. The van der Waals surface area contributed by atoms with E-state index in [0.717, 1.165) is 22.2 Å². The second-order valence-corrected chi connectivity index (χ2v) is 8.73. The van der Waals surface area contributed by atoms with Gasteiger partial charge in [-0.1, -0.05) is 44.2 Å². The molecule has 0 aliphatic carbocycles. The number of imide groups is 1. The Morgan fingerprint density at radius 2 is 1.73 bits per heavy atom. The number of thioether (sulfide) groups is 1. The number of amides is 4. The van der Waals surface area contributed by atoms with Gasteiger partial charge in [0.1, 0.15) is 11.9 Å². The zero-order chi connectivity index (χ0) is 24.0. The van der Waals surface area contributed by atoms with E-state index in [1.807, 2.05) is 30.3 Å². The van der Waals surface area contributed by atoms with Crippen molar-refractivity contribution in [1.82, 2.24) is 15.5 Å². The van der Waals surface area contributed by atoms with Crippen molar-refractivity contribution in [3.8, 4) is 0 Å². The number of nitrogens with zero attached hydrogens (tertiary/aromatic N) is 1. The topological polar surface area (TPSA) is 95.6 Å². The molecular weight excluding hydrogens is 445 g/mol. The van der Waals surface area contributed by atoms with Crippen LogP contribution >= 0.6 is 11.8 Å². The summed E-state index contributed by atoms with van der Waals surface area (Å²) in [6.45, 7) is 3.62. The second kappa shape index (κ2) is 10.9. The number of halogens is 1. The van der Waals surface area contributed by atoms with Gasteiger partial charge >= 0.3 is 0 Å². The van der Waals surface area contributed by atoms with E-state index in [9.17, 15) is 23.6 Å². The minimum Gasteiger partial charge on any atom is -0.353 e. The molecule has 2 N–H and O–H groups in total. The van der Waals surface area contributed by atoms with Gasteiger partial charge in [0, 0.05) is 18.7 Å². The Balaban J connectivity index is 1.56. The van der Waals surface area contributed by atoms with Crippen LogP contribution in [0.2, 0.25) is 0 Å². The average Bonchev–Trinajstić information content (AvgIpc) is 3.05. The molecule has 1 heterocycles. The van der Waals surface area contributed by atoms with E-state index < -0.39 is 34.8 Å². The Morgan fingerprint density at radius 1 is 1.06 bits per heavy atom. The van der Waals surface area contributed by atoms with Crippen molar-refractivity contribution in [1.29, 1.82) is 0 Å². The van der Waals surface area contributed by atoms with Crippen LogP contribution in [0, 0.1) is 11.7 Å². The van der Waals surface area contributed by atoms with Crippen molar-refractivity contribution < 1.29 is 23.6 Å². The fraction of sp³-hybridized carbons (Fsp3) is 0.250. The zero-order valence-electron chi connectivity index (χ0n) is 18.2. The van der Waals surface area contributed by atoms with Crippen LogP contribution in [0.5, 0.6) is 0 Å². The highest BCUT2D eigenvalue weighted by molar-refractivity contribution is 8.18. The highest BCUT2D eigenvalue weighted by Crippen LogP contribution is 2.31. The molecule has 172 valence electrons. The molecule has 1 fully saturated rings. The molecule has 0 radical (unpaired) electrons.